The largest absolute Gasteiger partial charge is 0.0776 e. The van der Waals surface area contributed by atoms with E-state index in [1.54, 1.807) is 0 Å². The maximum atomic E-state index is 2.44. The maximum Gasteiger partial charge on any atom is -0.00112 e. The number of rotatable bonds is 4. The summed E-state index contributed by atoms with van der Waals surface area (Å²) < 4.78 is 0. The van der Waals surface area contributed by atoms with Gasteiger partial charge < -0.3 is 0 Å². The summed E-state index contributed by atoms with van der Waals surface area (Å²) in [7, 11) is 0. The lowest BCUT2D eigenvalue weighted by molar-refractivity contribution is 1.13. The third-order valence-electron chi connectivity index (χ3n) is 8.08. The molecule has 0 aliphatic rings. The van der Waals surface area contributed by atoms with Crippen molar-refractivity contribution in [3.8, 4) is 22.3 Å². The maximum absolute atomic E-state index is 2.44. The average molecular weight is 537 g/mol. The van der Waals surface area contributed by atoms with Crippen molar-refractivity contribution in [1.29, 1.82) is 0 Å². The highest BCUT2D eigenvalue weighted by Gasteiger charge is 2.24. The van der Waals surface area contributed by atoms with E-state index in [0.29, 0.717) is 0 Å². The zero-order valence-electron chi connectivity index (χ0n) is 23.9. The average Bonchev–Trinajstić information content (AvgIpc) is 2.94. The van der Waals surface area contributed by atoms with Crippen molar-refractivity contribution in [2.45, 2.75) is 62.8 Å². The molecular formula is C41H44. The fourth-order valence-corrected chi connectivity index (χ4v) is 6.50. The minimum Gasteiger partial charge on any atom is -0.0776 e. The Bertz CT molecular complexity index is 1900. The van der Waals surface area contributed by atoms with Crippen LogP contribution in [-0.4, -0.2) is 0 Å². The van der Waals surface area contributed by atoms with Crippen molar-refractivity contribution in [3.05, 3.63) is 124 Å². The second kappa shape index (κ2) is 11.8. The molecule has 0 aromatic heterocycles. The third kappa shape index (κ3) is 4.97. The molecule has 0 N–H and O–H groups in total. The predicted octanol–water partition coefficient (Wildman–Crippen LogP) is 12.7. The summed E-state index contributed by atoms with van der Waals surface area (Å²) in [6, 6.07) is 33.8. The molecule has 0 aliphatic heterocycles. The molecule has 6 rings (SSSR count). The van der Waals surface area contributed by atoms with Crippen molar-refractivity contribution >= 4 is 38.4 Å². The summed E-state index contributed by atoms with van der Waals surface area (Å²) in [5, 5.41) is 8.10. The van der Waals surface area contributed by atoms with Crippen LogP contribution in [0, 0.1) is 20.8 Å². The summed E-state index contributed by atoms with van der Waals surface area (Å²) in [5.74, 6) is 0. The molecule has 0 atom stereocenters. The van der Waals surface area contributed by atoms with Crippen molar-refractivity contribution < 1.29 is 0 Å². The Labute approximate surface area is 247 Å². The van der Waals surface area contributed by atoms with Crippen LogP contribution in [0.1, 0.15) is 63.4 Å². The number of hydrogen-bond donors (Lipinski definition) is 0. The summed E-state index contributed by atoms with van der Waals surface area (Å²) in [4.78, 5) is 0. The molecule has 0 heterocycles. The highest BCUT2D eigenvalue weighted by molar-refractivity contribution is 6.30. The van der Waals surface area contributed by atoms with Crippen LogP contribution in [0.15, 0.2) is 96.6 Å². The fraction of sp³-hybridized carbons (Fsp3) is 0.220. The summed E-state index contributed by atoms with van der Waals surface area (Å²) in [6.07, 6.45) is 3.41. The first kappa shape index (κ1) is 29.8. The van der Waals surface area contributed by atoms with Crippen LogP contribution in [0.4, 0.5) is 0 Å². The molecule has 208 valence electrons. The van der Waals surface area contributed by atoms with E-state index in [-0.39, 0.29) is 14.9 Å². The Kier molecular flexibility index (Phi) is 8.55. The fourth-order valence-electron chi connectivity index (χ4n) is 6.50. The molecule has 0 bridgehead atoms. The molecule has 0 amide bonds. The third-order valence-corrected chi connectivity index (χ3v) is 8.08. The molecule has 0 radical (unpaired) electrons. The van der Waals surface area contributed by atoms with E-state index in [9.17, 15) is 0 Å². The smallest absolute Gasteiger partial charge is 0.00112 e. The van der Waals surface area contributed by atoms with Gasteiger partial charge in [0.1, 0.15) is 0 Å². The van der Waals surface area contributed by atoms with Gasteiger partial charge in [-0.25, -0.2) is 0 Å². The van der Waals surface area contributed by atoms with Gasteiger partial charge in [-0.15, -0.1) is 0 Å². The van der Waals surface area contributed by atoms with E-state index in [2.05, 4.69) is 139 Å². The minimum absolute atomic E-state index is 0. The van der Waals surface area contributed by atoms with Crippen LogP contribution in [0.5, 0.6) is 0 Å². The first-order chi connectivity index (χ1) is 18.9. The van der Waals surface area contributed by atoms with Gasteiger partial charge in [-0.1, -0.05) is 130 Å². The van der Waals surface area contributed by atoms with Gasteiger partial charge in [0, 0.05) is 0 Å². The topological polar surface area (TPSA) is 0 Å². The van der Waals surface area contributed by atoms with Crippen LogP contribution in [0.3, 0.4) is 0 Å². The first-order valence-corrected chi connectivity index (χ1v) is 14.1. The minimum atomic E-state index is 0. The zero-order valence-corrected chi connectivity index (χ0v) is 23.9. The van der Waals surface area contributed by atoms with Crippen LogP contribution < -0.4 is 0 Å². The van der Waals surface area contributed by atoms with E-state index in [0.717, 1.165) is 6.42 Å². The molecule has 0 fully saturated rings. The lowest BCUT2D eigenvalue weighted by Crippen LogP contribution is -2.00. The molecule has 0 saturated heterocycles. The molecular weight excluding hydrogens is 492 g/mol. The highest BCUT2D eigenvalue weighted by Crippen LogP contribution is 2.50. The second-order valence-corrected chi connectivity index (χ2v) is 11.2. The van der Waals surface area contributed by atoms with Crippen LogP contribution >= 0.6 is 0 Å². The van der Waals surface area contributed by atoms with Crippen molar-refractivity contribution in [2.75, 3.05) is 0 Å². The van der Waals surface area contributed by atoms with Crippen LogP contribution in [-0.2, 0) is 6.42 Å². The normalized spacial score (nSPS) is 10.9. The molecule has 0 nitrogen and oxygen atoms in total. The van der Waals surface area contributed by atoms with Crippen molar-refractivity contribution in [1.82, 2.24) is 0 Å². The Morgan fingerprint density at radius 2 is 1.15 bits per heavy atom. The Hall–Kier alpha value is -4.16. The number of aryl methyl sites for hydroxylation is 4. The lowest BCUT2D eigenvalue weighted by atomic mass is 9.78. The monoisotopic (exact) mass is 536 g/mol. The summed E-state index contributed by atoms with van der Waals surface area (Å²) in [5.41, 5.74) is 13.3. The van der Waals surface area contributed by atoms with Gasteiger partial charge in [0.2, 0.25) is 0 Å². The lowest BCUT2D eigenvalue weighted by Gasteiger charge is -2.25. The van der Waals surface area contributed by atoms with Crippen LogP contribution in [0.2, 0.25) is 0 Å². The molecule has 0 aliphatic carbocycles. The van der Waals surface area contributed by atoms with Gasteiger partial charge in [0.05, 0.1) is 0 Å². The highest BCUT2D eigenvalue weighted by atomic mass is 14.3. The number of fused-ring (bicyclic) bond motifs is 4. The molecule has 41 heavy (non-hydrogen) atoms. The van der Waals surface area contributed by atoms with Gasteiger partial charge in [-0.3, -0.25) is 0 Å². The van der Waals surface area contributed by atoms with Gasteiger partial charge in [0.15, 0.2) is 0 Å². The van der Waals surface area contributed by atoms with E-state index in [1.807, 2.05) is 0 Å². The number of allylic oxidation sites excluding steroid dienone is 1. The van der Waals surface area contributed by atoms with Crippen LogP contribution in [0.25, 0.3) is 60.6 Å². The molecule has 0 heteroatoms. The predicted molar refractivity (Wildman–Crippen MR) is 186 cm³/mol. The molecule has 0 saturated carbocycles. The number of benzene rings is 6. The molecule has 0 unspecified atom stereocenters. The van der Waals surface area contributed by atoms with Gasteiger partial charge in [0.25, 0.3) is 0 Å². The quantitative estimate of drug-likeness (QED) is 0.155. The Balaban J connectivity index is 0.00000194. The Morgan fingerprint density at radius 3 is 1.71 bits per heavy atom. The standard InChI is InChI=1S/C39H36.2CH4/c1-7-28-22-26(5)34-37(30-16-12-9-13-17-30)39-33-21-25(4)18-19-31(33)23-27(6)35(39)36(29-14-10-8-11-15-29)38(34)32(28)20-24(2)3;;/h8-23H,7H2,1-6H3;2*1H4. The zero-order chi connectivity index (χ0) is 27.3. The van der Waals surface area contributed by atoms with E-state index >= 15 is 0 Å². The van der Waals surface area contributed by atoms with E-state index in [4.69, 9.17) is 0 Å². The SMILES string of the molecule is C.C.CCc1cc(C)c2c(-c3ccccc3)c3c(c(C)cc4ccc(C)cc43)c(-c3ccccc3)c2c1C=C(C)C. The van der Waals surface area contributed by atoms with Gasteiger partial charge >= 0.3 is 0 Å². The van der Waals surface area contributed by atoms with Gasteiger partial charge in [-0.05, 0) is 118 Å². The Morgan fingerprint density at radius 1 is 0.610 bits per heavy atom. The van der Waals surface area contributed by atoms with E-state index in [1.165, 1.54) is 88.0 Å². The molecule has 6 aromatic rings. The number of hydrogen-bond acceptors (Lipinski definition) is 0. The van der Waals surface area contributed by atoms with E-state index < -0.39 is 0 Å². The van der Waals surface area contributed by atoms with Gasteiger partial charge in [-0.2, -0.15) is 0 Å². The molecule has 6 aromatic carbocycles. The summed E-state index contributed by atoms with van der Waals surface area (Å²) >= 11 is 0. The molecule has 0 spiro atoms. The van der Waals surface area contributed by atoms with Crippen molar-refractivity contribution in [2.24, 2.45) is 0 Å². The van der Waals surface area contributed by atoms with Crippen molar-refractivity contribution in [3.63, 3.8) is 0 Å². The summed E-state index contributed by atoms with van der Waals surface area (Å²) in [6.45, 7) is 13.5. The second-order valence-electron chi connectivity index (χ2n) is 11.2. The first-order valence-electron chi connectivity index (χ1n) is 14.1.